The highest BCUT2D eigenvalue weighted by Crippen LogP contribution is 2.18. The fraction of sp³-hybridized carbons (Fsp3) is 0.500. The largest absolute Gasteiger partial charge is 0.354 e. The summed E-state index contributed by atoms with van der Waals surface area (Å²) in [5.74, 6) is 0.505. The molecule has 0 spiro atoms. The maximum absolute atomic E-state index is 12.5. The van der Waals surface area contributed by atoms with Crippen molar-refractivity contribution in [2.45, 2.75) is 38.6 Å². The third-order valence-corrected chi connectivity index (χ3v) is 4.83. The summed E-state index contributed by atoms with van der Waals surface area (Å²) in [7, 11) is 0. The van der Waals surface area contributed by atoms with Crippen molar-refractivity contribution in [2.75, 3.05) is 19.6 Å². The van der Waals surface area contributed by atoms with E-state index >= 15 is 0 Å². The highest BCUT2D eigenvalue weighted by atomic mass is 35.5. The van der Waals surface area contributed by atoms with Gasteiger partial charge in [-0.15, -0.1) is 10.2 Å². The highest BCUT2D eigenvalue weighted by molar-refractivity contribution is 6.30. The smallest absolute Gasteiger partial charge is 0.246 e. The average Bonchev–Trinajstić information content (AvgIpc) is 3.30. The maximum atomic E-state index is 12.5. The summed E-state index contributed by atoms with van der Waals surface area (Å²) in [4.78, 5) is 27.3. The Labute approximate surface area is 162 Å². The molecule has 2 aromatic rings. The summed E-state index contributed by atoms with van der Waals surface area (Å²) >= 11 is 5.89. The van der Waals surface area contributed by atoms with E-state index in [-0.39, 0.29) is 11.8 Å². The molecular weight excluding hydrogens is 368 g/mol. The first kappa shape index (κ1) is 19.3. The number of hydrogen-bond donors (Lipinski definition) is 1. The van der Waals surface area contributed by atoms with Crippen LogP contribution in [0.2, 0.25) is 5.02 Å². The summed E-state index contributed by atoms with van der Waals surface area (Å²) < 4.78 is 0. The zero-order valence-electron chi connectivity index (χ0n) is 15.3. The van der Waals surface area contributed by atoms with Gasteiger partial charge in [0.05, 0.1) is 0 Å². The first-order valence-electron chi connectivity index (χ1n) is 9.19. The molecule has 1 fully saturated rings. The van der Waals surface area contributed by atoms with Crippen LogP contribution in [0.4, 0.5) is 0 Å². The van der Waals surface area contributed by atoms with Gasteiger partial charge in [-0.1, -0.05) is 18.5 Å². The van der Waals surface area contributed by atoms with Gasteiger partial charge in [-0.05, 0) is 48.7 Å². The third kappa shape index (κ3) is 4.82. The Morgan fingerprint density at radius 1 is 1.33 bits per heavy atom. The second-order valence-electron chi connectivity index (χ2n) is 6.49. The number of hydrogen-bond acceptors (Lipinski definition) is 5. The van der Waals surface area contributed by atoms with Gasteiger partial charge in [0.2, 0.25) is 17.6 Å². The van der Waals surface area contributed by atoms with Crippen molar-refractivity contribution in [3.63, 3.8) is 0 Å². The van der Waals surface area contributed by atoms with Crippen LogP contribution in [-0.2, 0) is 9.59 Å². The predicted molar refractivity (Wildman–Crippen MR) is 101 cm³/mol. The summed E-state index contributed by atoms with van der Waals surface area (Å²) in [5.41, 5.74) is 0.788. The number of tetrazole rings is 1. The van der Waals surface area contributed by atoms with Crippen molar-refractivity contribution in [2.24, 2.45) is 0 Å². The van der Waals surface area contributed by atoms with Gasteiger partial charge in [-0.25, -0.2) is 0 Å². The van der Waals surface area contributed by atoms with Crippen LogP contribution in [0.1, 0.15) is 38.6 Å². The molecule has 0 saturated carbocycles. The Kier molecular flexibility index (Phi) is 6.39. The minimum atomic E-state index is -0.521. The zero-order valence-corrected chi connectivity index (χ0v) is 16.0. The molecule has 0 radical (unpaired) electrons. The first-order valence-corrected chi connectivity index (χ1v) is 9.57. The van der Waals surface area contributed by atoms with Crippen molar-refractivity contribution >= 4 is 23.4 Å². The summed E-state index contributed by atoms with van der Waals surface area (Å²) in [6.45, 7) is 3.91. The van der Waals surface area contributed by atoms with Crippen LogP contribution in [0.15, 0.2) is 24.3 Å². The number of halogens is 1. The highest BCUT2D eigenvalue weighted by Gasteiger charge is 2.22. The summed E-state index contributed by atoms with van der Waals surface area (Å²) in [5, 5.41) is 16.0. The van der Waals surface area contributed by atoms with E-state index in [0.29, 0.717) is 36.8 Å². The number of carbonyl (C=O) groups is 2. The molecule has 8 nitrogen and oxygen atoms in total. The van der Waals surface area contributed by atoms with Crippen LogP contribution in [0.25, 0.3) is 11.4 Å². The van der Waals surface area contributed by atoms with Crippen molar-refractivity contribution in [1.82, 2.24) is 30.4 Å². The van der Waals surface area contributed by atoms with Crippen molar-refractivity contribution in [3.8, 4) is 11.4 Å². The van der Waals surface area contributed by atoms with Gasteiger partial charge >= 0.3 is 0 Å². The van der Waals surface area contributed by atoms with Gasteiger partial charge in [0, 0.05) is 36.6 Å². The average molecular weight is 391 g/mol. The van der Waals surface area contributed by atoms with Gasteiger partial charge in [0.1, 0.15) is 0 Å². The Hall–Kier alpha value is -2.48. The molecule has 0 bridgehead atoms. The van der Waals surface area contributed by atoms with Gasteiger partial charge in [0.15, 0.2) is 6.04 Å². The van der Waals surface area contributed by atoms with Crippen LogP contribution in [0, 0.1) is 0 Å². The predicted octanol–water partition coefficient (Wildman–Crippen LogP) is 2.07. The van der Waals surface area contributed by atoms with Gasteiger partial charge < -0.3 is 10.2 Å². The van der Waals surface area contributed by atoms with Crippen LogP contribution in [0.5, 0.6) is 0 Å². The molecule has 27 heavy (non-hydrogen) atoms. The molecule has 144 valence electrons. The summed E-state index contributed by atoms with van der Waals surface area (Å²) in [6.07, 6.45) is 2.84. The van der Waals surface area contributed by atoms with Crippen LogP contribution in [-0.4, -0.2) is 56.6 Å². The van der Waals surface area contributed by atoms with Gasteiger partial charge in [-0.2, -0.15) is 4.80 Å². The molecule has 3 rings (SSSR count). The standard InChI is InChI=1S/C18H23ClN6O2/c1-2-15(18(27)20-10-4-12-24-11-3-5-16(24)26)25-22-17(21-23-25)13-6-8-14(19)9-7-13/h6-9,15H,2-5,10-12H2,1H3,(H,20,27). The summed E-state index contributed by atoms with van der Waals surface area (Å²) in [6, 6.07) is 6.61. The quantitative estimate of drug-likeness (QED) is 0.696. The van der Waals surface area contributed by atoms with Crippen molar-refractivity contribution in [1.29, 1.82) is 0 Å². The van der Waals surface area contributed by atoms with E-state index < -0.39 is 6.04 Å². The molecule has 9 heteroatoms. The molecular formula is C18H23ClN6O2. The van der Waals surface area contributed by atoms with Crippen LogP contribution < -0.4 is 5.32 Å². The van der Waals surface area contributed by atoms with E-state index in [1.54, 1.807) is 12.1 Å². The molecule has 1 aliphatic heterocycles. The molecule has 1 saturated heterocycles. The van der Waals surface area contributed by atoms with E-state index in [1.165, 1.54) is 4.80 Å². The Bertz CT molecular complexity index is 791. The first-order chi connectivity index (χ1) is 13.1. The molecule has 2 heterocycles. The topological polar surface area (TPSA) is 93.0 Å². The minimum Gasteiger partial charge on any atom is -0.354 e. The van der Waals surface area contributed by atoms with E-state index in [2.05, 4.69) is 20.7 Å². The van der Waals surface area contributed by atoms with E-state index in [1.807, 2.05) is 24.0 Å². The lowest BCUT2D eigenvalue weighted by Crippen LogP contribution is -2.35. The van der Waals surface area contributed by atoms with Crippen LogP contribution >= 0.6 is 11.6 Å². The second-order valence-corrected chi connectivity index (χ2v) is 6.93. The van der Waals surface area contributed by atoms with E-state index in [9.17, 15) is 9.59 Å². The molecule has 2 amide bonds. The number of carbonyl (C=O) groups excluding carboxylic acids is 2. The SMILES string of the molecule is CCC(C(=O)NCCCN1CCCC1=O)n1nnc(-c2ccc(Cl)cc2)n1. The van der Waals surface area contributed by atoms with Crippen molar-refractivity contribution in [3.05, 3.63) is 29.3 Å². The molecule has 1 aromatic heterocycles. The molecule has 0 aliphatic carbocycles. The monoisotopic (exact) mass is 390 g/mol. The lowest BCUT2D eigenvalue weighted by atomic mass is 10.2. The number of nitrogens with one attached hydrogen (secondary N) is 1. The Morgan fingerprint density at radius 2 is 2.11 bits per heavy atom. The van der Waals surface area contributed by atoms with E-state index in [4.69, 9.17) is 11.6 Å². The molecule has 1 aromatic carbocycles. The number of rotatable bonds is 8. The number of benzene rings is 1. The normalized spacial score (nSPS) is 15.2. The number of likely N-dealkylation sites (tertiary alicyclic amines) is 1. The lowest BCUT2D eigenvalue weighted by Gasteiger charge is -2.17. The molecule has 1 unspecified atom stereocenters. The third-order valence-electron chi connectivity index (χ3n) is 4.57. The van der Waals surface area contributed by atoms with E-state index in [0.717, 1.165) is 24.9 Å². The van der Waals surface area contributed by atoms with Crippen LogP contribution in [0.3, 0.4) is 0 Å². The number of nitrogens with zero attached hydrogens (tertiary/aromatic N) is 5. The fourth-order valence-corrected chi connectivity index (χ4v) is 3.19. The molecule has 1 N–H and O–H groups in total. The number of amides is 2. The zero-order chi connectivity index (χ0) is 19.2. The minimum absolute atomic E-state index is 0.148. The maximum Gasteiger partial charge on any atom is 0.246 e. The van der Waals surface area contributed by atoms with Crippen molar-refractivity contribution < 1.29 is 9.59 Å². The molecule has 1 atom stereocenters. The lowest BCUT2D eigenvalue weighted by molar-refractivity contribution is -0.127. The Balaban J connectivity index is 1.53. The van der Waals surface area contributed by atoms with Gasteiger partial charge in [0.25, 0.3) is 0 Å². The molecule has 1 aliphatic rings. The van der Waals surface area contributed by atoms with Gasteiger partial charge in [-0.3, -0.25) is 9.59 Å². The number of aromatic nitrogens is 4. The second kappa shape index (κ2) is 8.94. The fourth-order valence-electron chi connectivity index (χ4n) is 3.07. The Morgan fingerprint density at radius 3 is 2.78 bits per heavy atom.